The first kappa shape index (κ1) is 30.7. The molecule has 1 aliphatic carbocycles. The van der Waals surface area contributed by atoms with Crippen LogP contribution in [0.4, 0.5) is 11.4 Å². The Bertz CT molecular complexity index is 3910. The van der Waals surface area contributed by atoms with Gasteiger partial charge >= 0.3 is 6.85 Å². The fourth-order valence-corrected chi connectivity index (χ4v) is 13.0. The zero-order valence-electron chi connectivity index (χ0n) is 33.1. The number of hydrogen-bond acceptors (Lipinski definition) is 1. The zero-order valence-corrected chi connectivity index (χ0v) is 33.1. The summed E-state index contributed by atoms with van der Waals surface area (Å²) in [7, 11) is 0. The van der Waals surface area contributed by atoms with Crippen molar-refractivity contribution in [2.75, 3.05) is 4.81 Å². The lowest BCUT2D eigenvalue weighted by Gasteiger charge is -2.46. The lowest BCUT2D eigenvalue weighted by Crippen LogP contribution is -2.61. The Morgan fingerprint density at radius 3 is 2.20 bits per heavy atom. The summed E-state index contributed by atoms with van der Waals surface area (Å²) < 4.78 is 5.29. The van der Waals surface area contributed by atoms with Crippen LogP contribution >= 0.6 is 0 Å². The maximum Gasteiger partial charge on any atom is 0.333 e. The Labute approximate surface area is 346 Å². The highest BCUT2D eigenvalue weighted by atomic mass is 15.2. The molecule has 0 saturated heterocycles. The lowest BCUT2D eigenvalue weighted by atomic mass is 9.43. The molecule has 4 heteroatoms. The molecule has 9 aromatic carbocycles. The Balaban J connectivity index is 1.14. The van der Waals surface area contributed by atoms with Crippen molar-refractivity contribution in [3.05, 3.63) is 180 Å². The van der Waals surface area contributed by atoms with E-state index in [0.717, 1.165) is 6.42 Å². The summed E-state index contributed by atoms with van der Waals surface area (Å²) in [6, 6.07) is 60.8. The first-order valence-corrected chi connectivity index (χ1v) is 21.4. The van der Waals surface area contributed by atoms with E-state index in [2.05, 4.69) is 186 Å². The van der Waals surface area contributed by atoms with Gasteiger partial charge in [-0.05, 0) is 109 Å². The highest BCUT2D eigenvalue weighted by Gasteiger charge is 2.50. The third-order valence-electron chi connectivity index (χ3n) is 15.3. The SMILES string of the molecule is CC1(C)c2cccc3c2-n2c4c5c(cc(-c6ccc7c(c6)Cc6ccccc6-7)c4c4c6ccccc6cc1c42)-c1cccc2c1N(B35)c1cccc3c4ccccc4n-2c13. The van der Waals surface area contributed by atoms with E-state index in [-0.39, 0.29) is 12.3 Å². The minimum Gasteiger partial charge on any atom is -0.373 e. The van der Waals surface area contributed by atoms with E-state index in [1.54, 1.807) is 0 Å². The van der Waals surface area contributed by atoms with Gasteiger partial charge in [-0.3, -0.25) is 0 Å². The van der Waals surface area contributed by atoms with Gasteiger partial charge in [0.05, 0.1) is 39.1 Å². The minimum atomic E-state index is -0.218. The lowest BCUT2D eigenvalue weighted by molar-refractivity contribution is 0.632. The summed E-state index contributed by atoms with van der Waals surface area (Å²) in [6.07, 6.45) is 0.967. The molecule has 0 atom stereocenters. The fourth-order valence-electron chi connectivity index (χ4n) is 13.0. The second-order valence-electron chi connectivity index (χ2n) is 18.4. The van der Waals surface area contributed by atoms with Crippen molar-refractivity contribution in [2.24, 2.45) is 0 Å². The van der Waals surface area contributed by atoms with Crippen LogP contribution in [-0.2, 0) is 11.8 Å². The van der Waals surface area contributed by atoms with Crippen LogP contribution in [0.1, 0.15) is 36.1 Å². The van der Waals surface area contributed by atoms with Gasteiger partial charge in [0.1, 0.15) is 0 Å². The predicted octanol–water partition coefficient (Wildman–Crippen LogP) is 12.5. The van der Waals surface area contributed by atoms with Crippen molar-refractivity contribution in [3.63, 3.8) is 0 Å². The molecule has 0 fully saturated rings. The molecule has 11 aromatic rings. The van der Waals surface area contributed by atoms with E-state index < -0.39 is 0 Å². The fraction of sp³-hybridized carbons (Fsp3) is 0.0714. The zero-order chi connectivity index (χ0) is 38.9. The highest BCUT2D eigenvalue weighted by Crippen LogP contribution is 2.57. The summed E-state index contributed by atoms with van der Waals surface area (Å²) in [5, 5.41) is 8.01. The molecule has 0 radical (unpaired) electrons. The van der Waals surface area contributed by atoms with E-state index in [9.17, 15) is 0 Å². The van der Waals surface area contributed by atoms with E-state index in [1.807, 2.05) is 0 Å². The summed E-state index contributed by atoms with van der Waals surface area (Å²) in [5.41, 5.74) is 26.7. The third-order valence-corrected chi connectivity index (χ3v) is 15.3. The van der Waals surface area contributed by atoms with Gasteiger partial charge in [-0.1, -0.05) is 141 Å². The average Bonchev–Trinajstić information content (AvgIpc) is 3.96. The number of rotatable bonds is 1. The van der Waals surface area contributed by atoms with Crippen molar-refractivity contribution in [1.29, 1.82) is 0 Å². The molecule has 0 amide bonds. The molecule has 0 spiro atoms. The van der Waals surface area contributed by atoms with Crippen molar-refractivity contribution in [2.45, 2.75) is 25.7 Å². The second kappa shape index (κ2) is 9.93. The number of fused-ring (bicyclic) bond motifs is 14. The van der Waals surface area contributed by atoms with Crippen LogP contribution in [0.3, 0.4) is 0 Å². The van der Waals surface area contributed by atoms with Crippen LogP contribution in [-0.4, -0.2) is 16.0 Å². The number of benzene rings is 9. The van der Waals surface area contributed by atoms with Crippen LogP contribution in [0.25, 0.3) is 99.1 Å². The first-order chi connectivity index (χ1) is 29.6. The Morgan fingerprint density at radius 1 is 0.483 bits per heavy atom. The standard InChI is InChI=1S/C56H34BN3/c1-56(2)42-19-11-20-44-53(42)59-54-43(56)28-31-13-4-6-15-36(31)48(54)49-40(32-24-25-35-33(27-32)26-30-12-3-5-14-34(30)35)29-41-39-18-9-22-46-52(39)60(57(44)50(41)55(49)59)47-23-10-17-38-37-16-7-8-21-45(37)58(46)51(38)47/h3-25,27-29H,26H2,1-2H3. The number of anilines is 2. The van der Waals surface area contributed by atoms with Crippen molar-refractivity contribution < 1.29 is 0 Å². The first-order valence-electron chi connectivity index (χ1n) is 21.4. The molecule has 6 heterocycles. The van der Waals surface area contributed by atoms with Crippen LogP contribution in [0.15, 0.2) is 158 Å². The van der Waals surface area contributed by atoms with Gasteiger partial charge in [0.2, 0.25) is 0 Å². The van der Waals surface area contributed by atoms with E-state index in [4.69, 9.17) is 0 Å². The molecular formula is C56H34BN3. The monoisotopic (exact) mass is 759 g/mol. The molecule has 16 rings (SSSR count). The van der Waals surface area contributed by atoms with Gasteiger partial charge in [0, 0.05) is 38.2 Å². The smallest absolute Gasteiger partial charge is 0.333 e. The van der Waals surface area contributed by atoms with Gasteiger partial charge in [0.15, 0.2) is 0 Å². The van der Waals surface area contributed by atoms with E-state index >= 15 is 0 Å². The van der Waals surface area contributed by atoms with Crippen molar-refractivity contribution >= 4 is 83.5 Å². The molecular weight excluding hydrogens is 725 g/mol. The minimum absolute atomic E-state index is 0.0209. The van der Waals surface area contributed by atoms with Crippen LogP contribution < -0.4 is 15.7 Å². The van der Waals surface area contributed by atoms with Crippen LogP contribution in [0.2, 0.25) is 0 Å². The topological polar surface area (TPSA) is 13.1 Å². The molecule has 276 valence electrons. The summed E-state index contributed by atoms with van der Waals surface area (Å²) >= 11 is 0. The van der Waals surface area contributed by atoms with Gasteiger partial charge < -0.3 is 13.9 Å². The van der Waals surface area contributed by atoms with Gasteiger partial charge in [-0.15, -0.1) is 0 Å². The van der Waals surface area contributed by atoms with Crippen LogP contribution in [0.5, 0.6) is 0 Å². The largest absolute Gasteiger partial charge is 0.373 e. The van der Waals surface area contributed by atoms with Gasteiger partial charge in [0.25, 0.3) is 0 Å². The van der Waals surface area contributed by atoms with Crippen molar-refractivity contribution in [3.8, 4) is 44.8 Å². The maximum atomic E-state index is 2.75. The number of hydrogen-bond donors (Lipinski definition) is 0. The molecule has 60 heavy (non-hydrogen) atoms. The summed E-state index contributed by atoms with van der Waals surface area (Å²) in [4.78, 5) is 2.75. The molecule has 0 unspecified atom stereocenters. The Kier molecular flexibility index (Phi) is 5.09. The molecule has 2 aromatic heterocycles. The number of aromatic nitrogens is 2. The summed E-state index contributed by atoms with van der Waals surface area (Å²) in [6.45, 7) is 4.90. The summed E-state index contributed by atoms with van der Waals surface area (Å²) in [5.74, 6) is 0. The van der Waals surface area contributed by atoms with Crippen LogP contribution in [0, 0.1) is 0 Å². The second-order valence-corrected chi connectivity index (χ2v) is 18.4. The maximum absolute atomic E-state index is 2.75. The highest BCUT2D eigenvalue weighted by molar-refractivity contribution is 6.94. The molecule has 0 N–H and O–H groups in total. The Hall–Kier alpha value is -7.30. The van der Waals surface area contributed by atoms with Gasteiger partial charge in [-0.25, -0.2) is 0 Å². The van der Waals surface area contributed by atoms with E-state index in [0.29, 0.717) is 0 Å². The number of para-hydroxylation sites is 4. The molecule has 0 saturated carbocycles. The number of nitrogens with zero attached hydrogens (tertiary/aromatic N) is 3. The molecule has 3 nitrogen and oxygen atoms in total. The third kappa shape index (κ3) is 3.24. The van der Waals surface area contributed by atoms with Gasteiger partial charge in [-0.2, -0.15) is 0 Å². The average molecular weight is 760 g/mol. The Morgan fingerprint density at radius 2 is 1.25 bits per heavy atom. The normalized spacial score (nSPS) is 15.2. The predicted molar refractivity (Wildman–Crippen MR) is 251 cm³/mol. The molecule has 4 aliphatic heterocycles. The quantitative estimate of drug-likeness (QED) is 0.152. The van der Waals surface area contributed by atoms with E-state index in [1.165, 1.54) is 144 Å². The van der Waals surface area contributed by atoms with Crippen molar-refractivity contribution in [1.82, 2.24) is 9.13 Å². The molecule has 5 aliphatic rings. The molecule has 0 bridgehead atoms.